The maximum Gasteiger partial charge on any atom is 0.336 e. The summed E-state index contributed by atoms with van der Waals surface area (Å²) in [4.78, 5) is 35.2. The number of hydrogen-bond acceptors (Lipinski definition) is 6. The van der Waals surface area contributed by atoms with Crippen molar-refractivity contribution in [3.8, 4) is 5.75 Å². The largest absolute Gasteiger partial charge is 0.481 e. The number of hydrogen-bond donors (Lipinski definition) is 2. The number of amides is 1. The van der Waals surface area contributed by atoms with E-state index in [0.29, 0.717) is 29.9 Å². The highest BCUT2D eigenvalue weighted by Gasteiger charge is 2.23. The van der Waals surface area contributed by atoms with Gasteiger partial charge in [0.2, 0.25) is 0 Å². The van der Waals surface area contributed by atoms with Gasteiger partial charge in [-0.3, -0.25) is 4.79 Å². The lowest BCUT2D eigenvalue weighted by Crippen LogP contribution is -2.46. The summed E-state index contributed by atoms with van der Waals surface area (Å²) in [5.74, 6) is -0.621. The number of carbonyl (C=O) groups is 2. The number of ether oxygens (including phenoxy) is 1. The van der Waals surface area contributed by atoms with E-state index in [2.05, 4.69) is 5.32 Å². The Labute approximate surface area is 161 Å². The third-order valence-corrected chi connectivity index (χ3v) is 4.73. The number of rotatable bonds is 9. The first-order chi connectivity index (χ1) is 12.8. The fourth-order valence-electron chi connectivity index (χ4n) is 2.62. The molecule has 0 bridgehead atoms. The van der Waals surface area contributed by atoms with Crippen LogP contribution in [0, 0.1) is 0 Å². The average Bonchev–Trinajstić information content (AvgIpc) is 2.63. The molecule has 2 aromatic rings. The number of aliphatic carboxylic acids is 1. The number of carboxylic acids is 1. The van der Waals surface area contributed by atoms with Crippen LogP contribution >= 0.6 is 11.8 Å². The highest BCUT2D eigenvalue weighted by molar-refractivity contribution is 7.98. The SMILES string of the molecule is CCc1cc(=O)oc2cc(OC(C)C(=O)N[C@@H](CCSC)C(=O)O)ccc12. The van der Waals surface area contributed by atoms with Crippen molar-refractivity contribution in [1.82, 2.24) is 5.32 Å². The predicted molar refractivity (Wildman–Crippen MR) is 105 cm³/mol. The first-order valence-electron chi connectivity index (χ1n) is 8.61. The van der Waals surface area contributed by atoms with Crippen LogP contribution in [0.1, 0.15) is 25.8 Å². The topological polar surface area (TPSA) is 106 Å². The molecule has 0 aliphatic rings. The fourth-order valence-corrected chi connectivity index (χ4v) is 3.09. The van der Waals surface area contributed by atoms with Gasteiger partial charge < -0.3 is 19.6 Å². The minimum atomic E-state index is -1.08. The lowest BCUT2D eigenvalue weighted by atomic mass is 10.1. The third kappa shape index (κ3) is 5.50. The zero-order valence-corrected chi connectivity index (χ0v) is 16.3. The monoisotopic (exact) mass is 393 g/mol. The molecule has 1 heterocycles. The summed E-state index contributed by atoms with van der Waals surface area (Å²) in [6, 6.07) is 5.52. The summed E-state index contributed by atoms with van der Waals surface area (Å²) in [6.07, 6.45) is 1.98. The molecule has 1 aromatic carbocycles. The minimum Gasteiger partial charge on any atom is -0.481 e. The van der Waals surface area contributed by atoms with E-state index >= 15 is 0 Å². The standard InChI is InChI=1S/C19H23NO6S/c1-4-12-9-17(21)26-16-10-13(5-6-14(12)16)25-11(2)18(22)20-15(19(23)24)7-8-27-3/h5-6,9-11,15H,4,7-8H2,1-3H3,(H,20,22)(H,23,24)/t11?,15-/m0/s1. The number of thioether (sulfide) groups is 1. The second kappa shape index (κ2) is 9.45. The summed E-state index contributed by atoms with van der Waals surface area (Å²) in [5, 5.41) is 12.5. The van der Waals surface area contributed by atoms with Crippen molar-refractivity contribution in [3.05, 3.63) is 40.2 Å². The molecule has 0 aliphatic carbocycles. The van der Waals surface area contributed by atoms with Crippen LogP contribution in [0.15, 0.2) is 33.5 Å². The first-order valence-corrected chi connectivity index (χ1v) is 10.0. The van der Waals surface area contributed by atoms with Crippen molar-refractivity contribution >= 4 is 34.6 Å². The summed E-state index contributed by atoms with van der Waals surface area (Å²) in [7, 11) is 0. The second-order valence-corrected chi connectivity index (χ2v) is 7.03. The number of fused-ring (bicyclic) bond motifs is 1. The van der Waals surface area contributed by atoms with Crippen LogP contribution in [-0.2, 0) is 16.0 Å². The molecule has 8 heteroatoms. The normalized spacial score (nSPS) is 13.1. The summed E-state index contributed by atoms with van der Waals surface area (Å²) < 4.78 is 10.8. The Hall–Kier alpha value is -2.48. The van der Waals surface area contributed by atoms with Crippen molar-refractivity contribution in [1.29, 1.82) is 0 Å². The predicted octanol–water partition coefficient (Wildman–Crippen LogP) is 2.45. The van der Waals surface area contributed by atoms with Crippen molar-refractivity contribution in [2.45, 2.75) is 38.8 Å². The zero-order chi connectivity index (χ0) is 20.0. The number of carboxylic acid groups (broad SMARTS) is 1. The van der Waals surface area contributed by atoms with Gasteiger partial charge >= 0.3 is 11.6 Å². The molecule has 146 valence electrons. The molecule has 2 N–H and O–H groups in total. The van der Waals surface area contributed by atoms with E-state index in [0.717, 1.165) is 10.9 Å². The van der Waals surface area contributed by atoms with E-state index in [1.807, 2.05) is 13.2 Å². The second-order valence-electron chi connectivity index (χ2n) is 6.04. The highest BCUT2D eigenvalue weighted by atomic mass is 32.2. The molecule has 0 fully saturated rings. The lowest BCUT2D eigenvalue weighted by Gasteiger charge is -2.19. The first kappa shape index (κ1) is 20.8. The number of benzene rings is 1. The zero-order valence-electron chi connectivity index (χ0n) is 15.5. The maximum atomic E-state index is 12.3. The summed E-state index contributed by atoms with van der Waals surface area (Å²) in [5.41, 5.74) is 0.810. The molecule has 0 aliphatic heterocycles. The Bertz CT molecular complexity index is 878. The van der Waals surface area contributed by atoms with Crippen LogP contribution in [0.25, 0.3) is 11.0 Å². The van der Waals surface area contributed by atoms with Crippen LogP contribution in [0.2, 0.25) is 0 Å². The van der Waals surface area contributed by atoms with Crippen molar-refractivity contribution in [2.24, 2.45) is 0 Å². The van der Waals surface area contributed by atoms with Crippen LogP contribution in [0.5, 0.6) is 5.75 Å². The van der Waals surface area contributed by atoms with Gasteiger partial charge in [0.25, 0.3) is 5.91 Å². The van der Waals surface area contributed by atoms with E-state index in [1.54, 1.807) is 18.2 Å². The molecule has 0 radical (unpaired) electrons. The van der Waals surface area contributed by atoms with Crippen LogP contribution in [0.3, 0.4) is 0 Å². The van der Waals surface area contributed by atoms with E-state index in [1.165, 1.54) is 24.8 Å². The molecule has 2 rings (SSSR count). The Morgan fingerprint density at radius 1 is 1.33 bits per heavy atom. The van der Waals surface area contributed by atoms with Crippen molar-refractivity contribution in [3.63, 3.8) is 0 Å². The molecular weight excluding hydrogens is 370 g/mol. The molecule has 1 unspecified atom stereocenters. The van der Waals surface area contributed by atoms with Gasteiger partial charge in [-0.15, -0.1) is 0 Å². The fraction of sp³-hybridized carbons (Fsp3) is 0.421. The van der Waals surface area contributed by atoms with Crippen molar-refractivity contribution < 1.29 is 23.8 Å². The molecule has 0 saturated heterocycles. The molecule has 2 atom stereocenters. The summed E-state index contributed by atoms with van der Waals surface area (Å²) >= 11 is 1.51. The maximum absolute atomic E-state index is 12.3. The van der Waals surface area contributed by atoms with Crippen molar-refractivity contribution in [2.75, 3.05) is 12.0 Å². The van der Waals surface area contributed by atoms with Crippen LogP contribution in [0.4, 0.5) is 0 Å². The number of carbonyl (C=O) groups excluding carboxylic acids is 1. The van der Waals surface area contributed by atoms with Gasteiger partial charge in [0.15, 0.2) is 6.10 Å². The molecule has 0 saturated carbocycles. The van der Waals surface area contributed by atoms with Gasteiger partial charge in [-0.1, -0.05) is 6.92 Å². The molecular formula is C19H23NO6S. The van der Waals surface area contributed by atoms with Crippen LogP contribution in [-0.4, -0.2) is 41.1 Å². The average molecular weight is 393 g/mol. The smallest absolute Gasteiger partial charge is 0.336 e. The summed E-state index contributed by atoms with van der Waals surface area (Å²) in [6.45, 7) is 3.48. The van der Waals surface area contributed by atoms with Gasteiger partial charge in [-0.25, -0.2) is 9.59 Å². The Balaban J connectivity index is 2.12. The molecule has 27 heavy (non-hydrogen) atoms. The lowest BCUT2D eigenvalue weighted by molar-refractivity contribution is -0.142. The van der Waals surface area contributed by atoms with Gasteiger partial charge in [0, 0.05) is 17.5 Å². The minimum absolute atomic E-state index is 0.329. The Morgan fingerprint density at radius 2 is 2.07 bits per heavy atom. The van der Waals surface area contributed by atoms with Gasteiger partial charge in [0.1, 0.15) is 17.4 Å². The Kier molecular flexibility index (Phi) is 7.29. The molecule has 7 nitrogen and oxygen atoms in total. The molecule has 1 aromatic heterocycles. The van der Waals surface area contributed by atoms with E-state index in [-0.39, 0.29) is 0 Å². The van der Waals surface area contributed by atoms with Crippen LogP contribution < -0.4 is 15.7 Å². The van der Waals surface area contributed by atoms with E-state index in [4.69, 9.17) is 9.15 Å². The molecule has 0 spiro atoms. The molecule has 1 amide bonds. The quantitative estimate of drug-likeness (QED) is 0.630. The van der Waals surface area contributed by atoms with Gasteiger partial charge in [0.05, 0.1) is 0 Å². The number of aryl methyl sites for hydroxylation is 1. The van der Waals surface area contributed by atoms with Gasteiger partial charge in [-0.2, -0.15) is 11.8 Å². The van der Waals surface area contributed by atoms with E-state index in [9.17, 15) is 19.5 Å². The van der Waals surface area contributed by atoms with E-state index < -0.39 is 29.6 Å². The number of nitrogens with one attached hydrogen (secondary N) is 1. The third-order valence-electron chi connectivity index (χ3n) is 4.09. The highest BCUT2D eigenvalue weighted by Crippen LogP contribution is 2.23. The Morgan fingerprint density at radius 3 is 2.70 bits per heavy atom. The van der Waals surface area contributed by atoms with Gasteiger partial charge in [-0.05, 0) is 49.5 Å².